The first-order valence-electron chi connectivity index (χ1n) is 4.22. The zero-order valence-electron chi connectivity index (χ0n) is 7.03. The molecule has 13 heavy (non-hydrogen) atoms. The Bertz CT molecular complexity index is 319. The molecule has 0 radical (unpaired) electrons. The summed E-state index contributed by atoms with van der Waals surface area (Å²) in [5.74, 6) is 0.0819. The molecule has 2 rings (SSSR count). The Hall–Kier alpha value is -0.590. The van der Waals surface area contributed by atoms with Gasteiger partial charge in [0.25, 0.3) is 0 Å². The third-order valence-corrected chi connectivity index (χ3v) is 2.82. The fourth-order valence-electron chi connectivity index (χ4n) is 1.08. The van der Waals surface area contributed by atoms with E-state index in [2.05, 4.69) is 32.9 Å². The van der Waals surface area contributed by atoms with E-state index in [0.717, 1.165) is 16.7 Å². The predicted octanol–water partition coefficient (Wildman–Crippen LogP) is 0.766. The lowest BCUT2D eigenvalue weighted by Gasteiger charge is -2.04. The van der Waals surface area contributed by atoms with Gasteiger partial charge in [0.15, 0.2) is 3.83 Å². The number of nitrogens with zero attached hydrogens (tertiary/aromatic N) is 2. The van der Waals surface area contributed by atoms with Gasteiger partial charge in [-0.2, -0.15) is 0 Å². The molecule has 1 aromatic heterocycles. The zero-order chi connectivity index (χ0) is 9.26. The summed E-state index contributed by atoms with van der Waals surface area (Å²) >= 11 is 2.11. The van der Waals surface area contributed by atoms with Crippen molar-refractivity contribution in [3.63, 3.8) is 0 Å². The molecule has 0 bridgehead atoms. The van der Waals surface area contributed by atoms with Gasteiger partial charge in [0, 0.05) is 18.4 Å². The number of halogens is 1. The lowest BCUT2D eigenvalue weighted by molar-refractivity contribution is -0.121. The second-order valence-corrected chi connectivity index (χ2v) is 4.13. The van der Waals surface area contributed by atoms with Crippen LogP contribution < -0.4 is 5.32 Å². The maximum Gasteiger partial charge on any atom is 0.240 e. The average molecular weight is 291 g/mol. The van der Waals surface area contributed by atoms with E-state index < -0.39 is 0 Å². The SMILES string of the molecule is O=C(Cn1ccnc1I)NC1CC1. The fraction of sp³-hybridized carbons (Fsp3) is 0.500. The number of amides is 1. The molecule has 1 N–H and O–H groups in total. The Morgan fingerprint density at radius 3 is 3.08 bits per heavy atom. The molecule has 0 unspecified atom stereocenters. The summed E-state index contributed by atoms with van der Waals surface area (Å²) in [6.45, 7) is 0.384. The minimum atomic E-state index is 0.0819. The lowest BCUT2D eigenvalue weighted by atomic mass is 10.5. The molecule has 0 aliphatic heterocycles. The Morgan fingerprint density at radius 2 is 2.54 bits per heavy atom. The van der Waals surface area contributed by atoms with Crippen LogP contribution in [0.15, 0.2) is 12.4 Å². The molecule has 4 nitrogen and oxygen atoms in total. The number of hydrogen-bond acceptors (Lipinski definition) is 2. The fourth-order valence-corrected chi connectivity index (χ4v) is 1.58. The number of rotatable bonds is 3. The number of aromatic nitrogens is 2. The smallest absolute Gasteiger partial charge is 0.240 e. The van der Waals surface area contributed by atoms with Gasteiger partial charge in [-0.1, -0.05) is 0 Å². The van der Waals surface area contributed by atoms with Gasteiger partial charge in [-0.25, -0.2) is 4.98 Å². The highest BCUT2D eigenvalue weighted by Gasteiger charge is 2.23. The molecule has 0 aromatic carbocycles. The largest absolute Gasteiger partial charge is 0.352 e. The number of carbonyl (C=O) groups excluding carboxylic acids is 1. The van der Waals surface area contributed by atoms with Gasteiger partial charge in [-0.05, 0) is 35.4 Å². The van der Waals surface area contributed by atoms with Crippen LogP contribution in [0.2, 0.25) is 0 Å². The normalized spacial score (nSPS) is 15.8. The molecular weight excluding hydrogens is 281 g/mol. The van der Waals surface area contributed by atoms with Crippen LogP contribution in [0.3, 0.4) is 0 Å². The minimum Gasteiger partial charge on any atom is -0.352 e. The van der Waals surface area contributed by atoms with Crippen molar-refractivity contribution in [3.05, 3.63) is 16.2 Å². The maximum absolute atomic E-state index is 11.4. The summed E-state index contributed by atoms with van der Waals surface area (Å²) in [5.41, 5.74) is 0. The van der Waals surface area contributed by atoms with E-state index in [4.69, 9.17) is 0 Å². The second kappa shape index (κ2) is 3.65. The van der Waals surface area contributed by atoms with Crippen LogP contribution >= 0.6 is 22.6 Å². The van der Waals surface area contributed by atoms with Gasteiger partial charge in [-0.15, -0.1) is 0 Å². The number of nitrogens with one attached hydrogen (secondary N) is 1. The van der Waals surface area contributed by atoms with Gasteiger partial charge in [0.05, 0.1) is 0 Å². The first kappa shape index (κ1) is 8.98. The Morgan fingerprint density at radius 1 is 1.77 bits per heavy atom. The van der Waals surface area contributed by atoms with Crippen molar-refractivity contribution >= 4 is 28.5 Å². The number of carbonyl (C=O) groups is 1. The summed E-state index contributed by atoms with van der Waals surface area (Å²) in [6, 6.07) is 0.439. The predicted molar refractivity (Wildman–Crippen MR) is 56.1 cm³/mol. The van der Waals surface area contributed by atoms with Crippen molar-refractivity contribution in [1.29, 1.82) is 0 Å². The molecule has 1 aliphatic carbocycles. The monoisotopic (exact) mass is 291 g/mol. The second-order valence-electron chi connectivity index (χ2n) is 3.17. The summed E-state index contributed by atoms with van der Waals surface area (Å²) in [7, 11) is 0. The Balaban J connectivity index is 1.89. The van der Waals surface area contributed by atoms with Crippen molar-refractivity contribution in [3.8, 4) is 0 Å². The minimum absolute atomic E-state index is 0.0819. The first-order chi connectivity index (χ1) is 6.25. The van der Waals surface area contributed by atoms with E-state index >= 15 is 0 Å². The highest BCUT2D eigenvalue weighted by atomic mass is 127. The highest BCUT2D eigenvalue weighted by Crippen LogP contribution is 2.18. The Labute approximate surface area is 89.9 Å². The summed E-state index contributed by atoms with van der Waals surface area (Å²) in [5, 5.41) is 2.93. The van der Waals surface area contributed by atoms with Crippen LogP contribution in [-0.2, 0) is 11.3 Å². The van der Waals surface area contributed by atoms with E-state index in [0.29, 0.717) is 12.6 Å². The molecule has 1 aliphatic rings. The van der Waals surface area contributed by atoms with Crippen LogP contribution in [0.4, 0.5) is 0 Å². The Kier molecular flexibility index (Phi) is 2.52. The third-order valence-electron chi connectivity index (χ3n) is 1.92. The van der Waals surface area contributed by atoms with Crippen molar-refractivity contribution in [2.24, 2.45) is 0 Å². The molecule has 1 fully saturated rings. The number of imidazole rings is 1. The van der Waals surface area contributed by atoms with Crippen molar-refractivity contribution in [1.82, 2.24) is 14.9 Å². The molecule has 1 saturated carbocycles. The average Bonchev–Trinajstić information content (AvgIpc) is 2.79. The van der Waals surface area contributed by atoms with E-state index in [1.165, 1.54) is 0 Å². The van der Waals surface area contributed by atoms with Crippen LogP contribution in [0.1, 0.15) is 12.8 Å². The van der Waals surface area contributed by atoms with E-state index in [9.17, 15) is 4.79 Å². The van der Waals surface area contributed by atoms with Crippen molar-refractivity contribution in [2.75, 3.05) is 0 Å². The van der Waals surface area contributed by atoms with E-state index in [-0.39, 0.29) is 5.91 Å². The molecule has 1 amide bonds. The first-order valence-corrected chi connectivity index (χ1v) is 5.29. The highest BCUT2D eigenvalue weighted by molar-refractivity contribution is 14.1. The molecule has 5 heteroatoms. The molecule has 0 atom stereocenters. The van der Waals surface area contributed by atoms with Crippen LogP contribution in [0.25, 0.3) is 0 Å². The van der Waals surface area contributed by atoms with Gasteiger partial charge in [0.2, 0.25) is 5.91 Å². The summed E-state index contributed by atoms with van der Waals surface area (Å²) < 4.78 is 2.68. The van der Waals surface area contributed by atoms with Crippen LogP contribution in [0, 0.1) is 3.83 Å². The van der Waals surface area contributed by atoms with Crippen molar-refractivity contribution in [2.45, 2.75) is 25.4 Å². The molecule has 1 heterocycles. The third kappa shape index (κ3) is 2.43. The van der Waals surface area contributed by atoms with Gasteiger partial charge >= 0.3 is 0 Å². The summed E-state index contributed by atoms with van der Waals surface area (Å²) in [6.07, 6.45) is 5.78. The lowest BCUT2D eigenvalue weighted by Crippen LogP contribution is -2.29. The van der Waals surface area contributed by atoms with Gasteiger partial charge in [0.1, 0.15) is 6.54 Å². The standard InChI is InChI=1S/C8H10IN3O/c9-8-10-3-4-12(8)5-7(13)11-6-1-2-6/h3-4,6H,1-2,5H2,(H,11,13). The van der Waals surface area contributed by atoms with Crippen LogP contribution in [0.5, 0.6) is 0 Å². The quantitative estimate of drug-likeness (QED) is 0.836. The van der Waals surface area contributed by atoms with Gasteiger partial charge < -0.3 is 9.88 Å². The molecule has 0 saturated heterocycles. The maximum atomic E-state index is 11.4. The molecule has 1 aromatic rings. The molecule has 70 valence electrons. The zero-order valence-corrected chi connectivity index (χ0v) is 9.19. The molecular formula is C8H10IN3O. The van der Waals surface area contributed by atoms with E-state index in [1.54, 1.807) is 6.20 Å². The van der Waals surface area contributed by atoms with E-state index in [1.807, 2.05) is 10.8 Å². The van der Waals surface area contributed by atoms with Crippen molar-refractivity contribution < 1.29 is 4.79 Å². The topological polar surface area (TPSA) is 46.9 Å². The van der Waals surface area contributed by atoms with Gasteiger partial charge in [-0.3, -0.25) is 4.79 Å². The van der Waals surface area contributed by atoms with Crippen LogP contribution in [-0.4, -0.2) is 21.5 Å². The number of hydrogen-bond donors (Lipinski definition) is 1. The molecule has 0 spiro atoms. The summed E-state index contributed by atoms with van der Waals surface area (Å²) in [4.78, 5) is 15.4.